The molecule has 4 aromatic rings. The molecule has 2 aliphatic heterocycles. The number of primary amides is 3. The van der Waals surface area contributed by atoms with Crippen molar-refractivity contribution in [2.75, 3.05) is 45.2 Å². The first-order valence-electron chi connectivity index (χ1n) is 37.6. The second-order valence-electron chi connectivity index (χ2n) is 28.4. The zero-order valence-electron chi connectivity index (χ0n) is 65.3. The van der Waals surface area contributed by atoms with Crippen LogP contribution in [0.4, 0.5) is 0 Å². The van der Waals surface area contributed by atoms with Gasteiger partial charge in [-0.25, -0.2) is 0 Å². The Labute approximate surface area is 669 Å². The van der Waals surface area contributed by atoms with Crippen LogP contribution in [0.1, 0.15) is 96.8 Å². The van der Waals surface area contributed by atoms with Crippen molar-refractivity contribution in [2.24, 2.45) is 23.1 Å². The van der Waals surface area contributed by atoms with Crippen LogP contribution in [0.25, 0.3) is 11.1 Å². The summed E-state index contributed by atoms with van der Waals surface area (Å²) in [5.74, 6) is -19.2. The van der Waals surface area contributed by atoms with E-state index in [9.17, 15) is 82.1 Å². The lowest BCUT2D eigenvalue weighted by Gasteiger charge is -2.33. The predicted octanol–water partition coefficient (Wildman–Crippen LogP) is -4.16. The minimum Gasteiger partial charge on any atom is -0.391 e. The molecule has 2 saturated heterocycles. The van der Waals surface area contributed by atoms with E-state index in [1.165, 1.54) is 34.9 Å². The summed E-state index contributed by atoms with van der Waals surface area (Å²) in [6, 6.07) is 13.8. The molecule has 622 valence electrons. The van der Waals surface area contributed by atoms with Crippen LogP contribution in [0.15, 0.2) is 115 Å². The number of thioether (sulfide) groups is 1. The number of carbonyl (C=O) groups is 17. The molecule has 0 aliphatic carbocycles. The molecular formula is C78H105N17O19S. The second-order valence-corrected chi connectivity index (χ2v) is 29.4. The number of amides is 17. The van der Waals surface area contributed by atoms with Crippen LogP contribution in [0.2, 0.25) is 0 Å². The fourth-order valence-electron chi connectivity index (χ4n) is 12.9. The molecule has 2 fully saturated rings. The summed E-state index contributed by atoms with van der Waals surface area (Å²) >= 11 is 0.791. The number of nitrogens with one attached hydrogen (secondary N) is 11. The Morgan fingerprint density at radius 1 is 0.522 bits per heavy atom. The van der Waals surface area contributed by atoms with Gasteiger partial charge in [0.25, 0.3) is 0 Å². The number of fused-ring (bicyclic) bond motifs is 1. The molecule has 19 N–H and O–H groups in total. The van der Waals surface area contributed by atoms with Crippen molar-refractivity contribution in [2.45, 2.75) is 184 Å². The lowest BCUT2D eigenvalue weighted by Crippen LogP contribution is -2.64. The largest absolute Gasteiger partial charge is 0.391 e. The first-order chi connectivity index (χ1) is 54.5. The first kappa shape index (κ1) is 92.0. The van der Waals surface area contributed by atoms with E-state index in [0.29, 0.717) is 16.7 Å². The molecule has 115 heavy (non-hydrogen) atoms. The van der Waals surface area contributed by atoms with Crippen molar-refractivity contribution in [3.8, 4) is 11.1 Å². The van der Waals surface area contributed by atoms with E-state index in [0.717, 1.165) is 51.4 Å². The van der Waals surface area contributed by atoms with Crippen molar-refractivity contribution in [1.29, 1.82) is 0 Å². The Kier molecular flexibility index (Phi) is 35.6. The van der Waals surface area contributed by atoms with E-state index in [4.69, 9.17) is 17.2 Å². The van der Waals surface area contributed by atoms with Crippen LogP contribution >= 0.6 is 11.8 Å². The van der Waals surface area contributed by atoms with E-state index in [1.54, 1.807) is 91.9 Å². The molecule has 15 atom stereocenters. The molecule has 37 heteroatoms. The van der Waals surface area contributed by atoms with Gasteiger partial charge in [-0.1, -0.05) is 129 Å². The summed E-state index contributed by atoms with van der Waals surface area (Å²) in [5, 5.41) is 49.3. The highest BCUT2D eigenvalue weighted by Crippen LogP contribution is 2.23. The molecule has 17 amide bonds. The smallest absolute Gasteiger partial charge is 0.245 e. The Morgan fingerprint density at radius 3 is 1.61 bits per heavy atom. The van der Waals surface area contributed by atoms with Gasteiger partial charge in [-0.15, -0.1) is 11.8 Å². The quantitative estimate of drug-likeness (QED) is 0.0424. The molecule has 36 nitrogen and oxygen atoms in total. The van der Waals surface area contributed by atoms with Gasteiger partial charge in [0, 0.05) is 52.1 Å². The van der Waals surface area contributed by atoms with E-state index in [2.05, 4.69) is 58.5 Å². The summed E-state index contributed by atoms with van der Waals surface area (Å²) in [6.45, 7) is 6.02. The average molecular weight is 1620 g/mol. The van der Waals surface area contributed by atoms with E-state index in [-0.39, 0.29) is 57.2 Å². The van der Waals surface area contributed by atoms with E-state index < -0.39 is 223 Å². The normalized spacial score (nSPS) is 24.8. The summed E-state index contributed by atoms with van der Waals surface area (Å²) in [6.07, 6.45) is -4.73. The van der Waals surface area contributed by atoms with Gasteiger partial charge in [-0.2, -0.15) is 0 Å². The molecule has 6 rings (SSSR count). The summed E-state index contributed by atoms with van der Waals surface area (Å²) in [7, 11) is 2.50. The Hall–Kier alpha value is -11.9. The number of aliphatic hydroxyl groups is 2. The molecular weight excluding hydrogens is 1510 g/mol. The SMILES string of the molecule is CCCC(C(N)=O)[C@@H]1NC(=O)CNC(=O)[C@H](Cc2ccccc2)NC(=O)CSC[C@@H](C(=O)NCC(N)=O)NC(=O)[C@@H]2CCCN2C(=O)[C@H](C)NC(=O)[C@H](CCC(N)=O)NC(=O)[C@H](C)N(C)C(=O)[C@H](Cc2ccc(-c3ccccc3)cc2)NC(=O)[C@H](Cc2ccccc2)N(C)C(=O)[C@H](C)NC(=O)[C@H]([C@@H](C)O)NC(=O)[C@H]([C@@H](C)O)NC1=O. The van der Waals surface area contributed by atoms with Gasteiger partial charge in [-0.05, 0) is 88.1 Å². The van der Waals surface area contributed by atoms with Gasteiger partial charge in [-0.3, -0.25) is 81.5 Å². The topological polar surface area (TPSA) is 551 Å². The minimum absolute atomic E-state index is 0.0285. The lowest BCUT2D eigenvalue weighted by molar-refractivity contribution is -0.145. The Bertz CT molecular complexity index is 4130. The fourth-order valence-corrected chi connectivity index (χ4v) is 13.7. The monoisotopic (exact) mass is 1620 g/mol. The second kappa shape index (κ2) is 44.6. The van der Waals surface area contributed by atoms with Crippen LogP contribution < -0.4 is 75.7 Å². The van der Waals surface area contributed by atoms with Gasteiger partial charge < -0.3 is 101 Å². The molecule has 1 unspecified atom stereocenters. The lowest BCUT2D eigenvalue weighted by atomic mass is 9.92. The van der Waals surface area contributed by atoms with Crippen molar-refractivity contribution < 1.29 is 91.7 Å². The van der Waals surface area contributed by atoms with Crippen LogP contribution in [-0.2, 0) is 101 Å². The molecule has 0 bridgehead atoms. The van der Waals surface area contributed by atoms with Gasteiger partial charge in [0.2, 0.25) is 100 Å². The minimum atomic E-state index is -2.02. The van der Waals surface area contributed by atoms with Crippen molar-refractivity contribution >= 4 is 112 Å². The number of hydrogen-bond acceptors (Lipinski definition) is 20. The van der Waals surface area contributed by atoms with Crippen LogP contribution in [0.5, 0.6) is 0 Å². The zero-order valence-corrected chi connectivity index (χ0v) is 66.2. The third-order valence-corrected chi connectivity index (χ3v) is 20.5. The highest BCUT2D eigenvalue weighted by molar-refractivity contribution is 8.00. The van der Waals surface area contributed by atoms with E-state index in [1.807, 2.05) is 30.3 Å². The van der Waals surface area contributed by atoms with Crippen molar-refractivity contribution in [3.63, 3.8) is 0 Å². The molecule has 2 heterocycles. The maximum absolute atomic E-state index is 15.2. The Balaban J connectivity index is 1.39. The first-order valence-corrected chi connectivity index (χ1v) is 38.8. The molecule has 0 saturated carbocycles. The standard InChI is InChI=1S/C78H105N17O19S/c1-9-20-52(66(81)102)65-75(111)92-64(46(6)97)74(110)91-63(45(5)96)73(109)85-42(2)76(112)94(8)58(37-48-23-15-11-16-24-48)72(108)88-55(36-49-28-30-51(31-29-49)50-25-17-12-18-26-50)78(114)93(7)44(4)67(103)87-53(32-33-59(79)98)70(106)84-43(3)77(113)95-34-19-27-57(95)71(107)89-56(69(105)82-38-60(80)99)40-115-41-62(101)86-54(35-47-21-13-10-14-22-47)68(104)83-39-61(100)90-65/h10-18,21-26,28-31,42-46,52-58,63-65,96-97H,9,19-20,27,32-41H2,1-8H3,(H2,79,98)(H2,80,99)(H2,81,102)(H,82,105)(H,83,104)(H,84,106)(H,85,109)(H,86,101)(H,87,103)(H,88,108)(H,89,107)(H,90,100)(H,91,110)(H,92,111)/t42-,43-,44-,45+,46+,52?,53-,54-,55-,56-,57-,58-,63-,64-,65-/m0/s1. The van der Waals surface area contributed by atoms with Crippen LogP contribution in [0.3, 0.4) is 0 Å². The number of carbonyl (C=O) groups excluding carboxylic acids is 17. The third-order valence-electron chi connectivity index (χ3n) is 19.5. The van der Waals surface area contributed by atoms with Gasteiger partial charge in [0.15, 0.2) is 0 Å². The number of rotatable bonds is 19. The number of hydrogen-bond donors (Lipinski definition) is 16. The number of nitrogens with two attached hydrogens (primary N) is 3. The number of likely N-dealkylation sites (N-methyl/N-ethyl adjacent to an activating group) is 2. The van der Waals surface area contributed by atoms with Gasteiger partial charge >= 0.3 is 0 Å². The van der Waals surface area contributed by atoms with Gasteiger partial charge in [0.05, 0.1) is 37.0 Å². The zero-order chi connectivity index (χ0) is 84.9. The third kappa shape index (κ3) is 27.7. The number of nitrogens with zero attached hydrogens (tertiary/aromatic N) is 3. The fraction of sp³-hybridized carbons (Fsp3) is 0.474. The molecule has 0 aromatic heterocycles. The summed E-state index contributed by atoms with van der Waals surface area (Å²) < 4.78 is 0. The molecule has 4 aromatic carbocycles. The van der Waals surface area contributed by atoms with Crippen molar-refractivity contribution in [3.05, 3.63) is 132 Å². The summed E-state index contributed by atoms with van der Waals surface area (Å²) in [4.78, 5) is 242. The number of aliphatic hydroxyl groups excluding tert-OH is 2. The molecule has 2 aliphatic rings. The average Bonchev–Trinajstić information content (AvgIpc) is 1.20. The highest BCUT2D eigenvalue weighted by atomic mass is 32.2. The van der Waals surface area contributed by atoms with Crippen molar-refractivity contribution in [1.82, 2.24) is 73.2 Å². The Morgan fingerprint density at radius 2 is 1.04 bits per heavy atom. The molecule has 0 radical (unpaired) electrons. The summed E-state index contributed by atoms with van der Waals surface area (Å²) in [5.41, 5.74) is 19.9. The molecule has 0 spiro atoms. The maximum Gasteiger partial charge on any atom is 0.245 e. The van der Waals surface area contributed by atoms with Crippen LogP contribution in [-0.4, -0.2) is 255 Å². The van der Waals surface area contributed by atoms with E-state index >= 15 is 9.59 Å². The predicted molar refractivity (Wildman–Crippen MR) is 420 cm³/mol. The van der Waals surface area contributed by atoms with Gasteiger partial charge in [0.1, 0.15) is 72.5 Å². The maximum atomic E-state index is 15.2. The van der Waals surface area contributed by atoms with Crippen LogP contribution in [0, 0.1) is 5.92 Å². The highest BCUT2D eigenvalue weighted by Gasteiger charge is 2.43. The number of benzene rings is 4.